The molecule has 0 radical (unpaired) electrons. The van der Waals surface area contributed by atoms with Gasteiger partial charge in [0.25, 0.3) is 0 Å². The topological polar surface area (TPSA) is 28.2 Å². The molecule has 0 aliphatic carbocycles. The smallest absolute Gasteiger partial charge is 0.0300 e. The molecule has 1 fully saturated rings. The zero-order valence-corrected chi connectivity index (χ0v) is 26.8. The summed E-state index contributed by atoms with van der Waals surface area (Å²) in [7, 11) is 2.00. The van der Waals surface area contributed by atoms with Gasteiger partial charge in [-0.05, 0) is 136 Å². The molecular formula is C38H55N3. The minimum atomic E-state index is 0.902. The summed E-state index contributed by atoms with van der Waals surface area (Å²) in [6.07, 6.45) is 25.6. The molecule has 1 N–H and O–H groups in total. The number of aryl methyl sites for hydroxylation is 3. The second-order valence-corrected chi connectivity index (χ2v) is 11.9. The van der Waals surface area contributed by atoms with Crippen LogP contribution in [0.1, 0.15) is 94.0 Å². The quantitative estimate of drug-likeness (QED) is 0.223. The van der Waals surface area contributed by atoms with Crippen molar-refractivity contribution in [2.75, 3.05) is 26.7 Å². The number of hydrogen-bond acceptors (Lipinski definition) is 3. The number of nitrogens with zero attached hydrogens (tertiary/aromatic N) is 2. The fourth-order valence-electron chi connectivity index (χ4n) is 5.78. The lowest BCUT2D eigenvalue weighted by Crippen LogP contribution is -2.33. The molecule has 1 aliphatic rings. The average molecular weight is 554 g/mol. The second kappa shape index (κ2) is 17.8. The molecule has 1 aliphatic heterocycles. The third-order valence-electron chi connectivity index (χ3n) is 8.61. The van der Waals surface area contributed by atoms with E-state index in [9.17, 15) is 0 Å². The van der Waals surface area contributed by atoms with E-state index in [4.69, 9.17) is 0 Å². The summed E-state index contributed by atoms with van der Waals surface area (Å²) in [6.45, 7) is 15.1. The molecule has 1 saturated heterocycles. The van der Waals surface area contributed by atoms with E-state index in [1.54, 1.807) is 0 Å². The van der Waals surface area contributed by atoms with E-state index in [0.29, 0.717) is 0 Å². The predicted molar refractivity (Wildman–Crippen MR) is 179 cm³/mol. The molecule has 41 heavy (non-hydrogen) atoms. The van der Waals surface area contributed by atoms with Crippen molar-refractivity contribution in [1.29, 1.82) is 0 Å². The highest BCUT2D eigenvalue weighted by atomic mass is 15.1. The van der Waals surface area contributed by atoms with Crippen molar-refractivity contribution in [3.63, 3.8) is 0 Å². The maximum absolute atomic E-state index is 4.41. The van der Waals surface area contributed by atoms with Crippen LogP contribution in [0.15, 0.2) is 78.3 Å². The summed E-state index contributed by atoms with van der Waals surface area (Å²) in [5.41, 5.74) is 11.1. The van der Waals surface area contributed by atoms with Gasteiger partial charge in [0.15, 0.2) is 0 Å². The highest BCUT2D eigenvalue weighted by molar-refractivity contribution is 5.70. The third-order valence-corrected chi connectivity index (χ3v) is 8.61. The Morgan fingerprint density at radius 1 is 1.07 bits per heavy atom. The summed E-state index contributed by atoms with van der Waals surface area (Å²) in [4.78, 5) is 7.04. The van der Waals surface area contributed by atoms with Crippen LogP contribution in [0.25, 0.3) is 5.57 Å². The molecule has 1 aromatic carbocycles. The van der Waals surface area contributed by atoms with Crippen LogP contribution < -0.4 is 5.32 Å². The lowest BCUT2D eigenvalue weighted by Gasteiger charge is -2.29. The Labute approximate surface area is 251 Å². The lowest BCUT2D eigenvalue weighted by molar-refractivity contribution is 0.195. The molecule has 0 saturated carbocycles. The number of nitrogens with one attached hydrogen (secondary N) is 1. The molecule has 2 aromatic rings. The molecule has 3 nitrogen and oxygen atoms in total. The Hall–Kier alpha value is -2.91. The highest BCUT2D eigenvalue weighted by Crippen LogP contribution is 2.26. The molecule has 1 aromatic heterocycles. The van der Waals surface area contributed by atoms with Gasteiger partial charge < -0.3 is 10.2 Å². The van der Waals surface area contributed by atoms with Crippen molar-refractivity contribution in [3.05, 3.63) is 106 Å². The van der Waals surface area contributed by atoms with Gasteiger partial charge in [-0.25, -0.2) is 0 Å². The molecule has 2 heterocycles. The lowest BCUT2D eigenvalue weighted by atomic mass is 9.91. The van der Waals surface area contributed by atoms with E-state index < -0.39 is 0 Å². The largest absolute Gasteiger partial charge is 0.394 e. The zero-order valence-electron chi connectivity index (χ0n) is 26.8. The van der Waals surface area contributed by atoms with Gasteiger partial charge >= 0.3 is 0 Å². The SMILES string of the molecule is CC/C(=C\C=C/CCN1CCC(C)CC1)c1cccc(CCC(=C/NC)/C=C(\C)CCc2cncc(CC)c2)c1C. The van der Waals surface area contributed by atoms with Crippen molar-refractivity contribution >= 4 is 5.57 Å². The predicted octanol–water partition coefficient (Wildman–Crippen LogP) is 9.04. The van der Waals surface area contributed by atoms with Crippen LogP contribution in [-0.4, -0.2) is 36.6 Å². The number of aromatic nitrogens is 1. The molecular weight excluding hydrogens is 498 g/mol. The Kier molecular flexibility index (Phi) is 14.2. The molecule has 0 atom stereocenters. The molecule has 0 bridgehead atoms. The van der Waals surface area contributed by atoms with Crippen LogP contribution in [0.3, 0.4) is 0 Å². The number of benzene rings is 1. The Bertz CT molecular complexity index is 1190. The minimum Gasteiger partial charge on any atom is -0.394 e. The molecule has 3 rings (SSSR count). The van der Waals surface area contributed by atoms with Crippen molar-refractivity contribution in [1.82, 2.24) is 15.2 Å². The standard InChI is InChI=1S/C38H55N3/c1-7-33-26-35(29-40-28-33)17-16-31(4)25-34(27-39-6)18-19-37-14-12-15-38(32(37)5)36(8-2)13-10-9-11-22-41-23-20-30(3)21-24-41/h9-10,12-15,25-30,39H,7-8,11,16-24H2,1-6H3/b10-9-,31-25+,34-27-,36-13+. The first-order chi connectivity index (χ1) is 19.9. The van der Waals surface area contributed by atoms with Gasteiger partial charge in [0.2, 0.25) is 0 Å². The number of hydrogen-bond donors (Lipinski definition) is 1. The van der Waals surface area contributed by atoms with Crippen LogP contribution in [-0.2, 0) is 19.3 Å². The summed E-state index contributed by atoms with van der Waals surface area (Å²) >= 11 is 0. The minimum absolute atomic E-state index is 0.902. The van der Waals surface area contributed by atoms with Crippen LogP contribution >= 0.6 is 0 Å². The van der Waals surface area contributed by atoms with Crippen molar-refractivity contribution in [2.45, 2.75) is 92.4 Å². The molecule has 3 heteroatoms. The summed E-state index contributed by atoms with van der Waals surface area (Å²) in [5.74, 6) is 0.902. The first kappa shape index (κ1) is 32.6. The second-order valence-electron chi connectivity index (χ2n) is 11.9. The van der Waals surface area contributed by atoms with Gasteiger partial charge in [-0.3, -0.25) is 4.98 Å². The van der Waals surface area contributed by atoms with E-state index >= 15 is 0 Å². The van der Waals surface area contributed by atoms with E-state index in [1.165, 1.54) is 77.0 Å². The van der Waals surface area contributed by atoms with Crippen LogP contribution in [0, 0.1) is 12.8 Å². The summed E-state index contributed by atoms with van der Waals surface area (Å²) < 4.78 is 0. The van der Waals surface area contributed by atoms with Crippen LogP contribution in [0.2, 0.25) is 0 Å². The van der Waals surface area contributed by atoms with Crippen molar-refractivity contribution in [3.8, 4) is 0 Å². The normalized spacial score (nSPS) is 16.1. The van der Waals surface area contributed by atoms with Gasteiger partial charge in [-0.2, -0.15) is 0 Å². The zero-order chi connectivity index (χ0) is 29.5. The summed E-state index contributed by atoms with van der Waals surface area (Å²) in [5, 5.41) is 3.27. The average Bonchev–Trinajstić information content (AvgIpc) is 2.98. The van der Waals surface area contributed by atoms with Gasteiger partial charge in [-0.15, -0.1) is 0 Å². The van der Waals surface area contributed by atoms with Crippen molar-refractivity contribution < 1.29 is 0 Å². The number of allylic oxidation sites excluding steroid dienone is 6. The Morgan fingerprint density at radius 3 is 2.59 bits per heavy atom. The monoisotopic (exact) mass is 553 g/mol. The number of likely N-dealkylation sites (tertiary alicyclic amines) is 1. The number of rotatable bonds is 15. The Balaban J connectivity index is 1.58. The highest BCUT2D eigenvalue weighted by Gasteiger charge is 2.14. The maximum atomic E-state index is 4.41. The fourth-order valence-corrected chi connectivity index (χ4v) is 5.78. The van der Waals surface area contributed by atoms with Crippen LogP contribution in [0.4, 0.5) is 0 Å². The van der Waals surface area contributed by atoms with Crippen molar-refractivity contribution in [2.24, 2.45) is 5.92 Å². The first-order valence-corrected chi connectivity index (χ1v) is 16.1. The van der Waals surface area contributed by atoms with Gasteiger partial charge in [0, 0.05) is 26.0 Å². The fraction of sp³-hybridized carbons (Fsp3) is 0.500. The van der Waals surface area contributed by atoms with E-state index in [2.05, 4.69) is 105 Å². The van der Waals surface area contributed by atoms with E-state index in [-0.39, 0.29) is 0 Å². The van der Waals surface area contributed by atoms with E-state index in [1.807, 2.05) is 19.4 Å². The molecule has 0 amide bonds. The summed E-state index contributed by atoms with van der Waals surface area (Å²) in [6, 6.07) is 9.14. The molecule has 0 unspecified atom stereocenters. The van der Waals surface area contributed by atoms with Gasteiger partial charge in [0.1, 0.15) is 0 Å². The first-order valence-electron chi connectivity index (χ1n) is 16.1. The van der Waals surface area contributed by atoms with Gasteiger partial charge in [0.05, 0.1) is 0 Å². The van der Waals surface area contributed by atoms with Crippen LogP contribution in [0.5, 0.6) is 0 Å². The number of piperidine rings is 1. The Morgan fingerprint density at radius 2 is 1.85 bits per heavy atom. The molecule has 0 spiro atoms. The number of pyridine rings is 1. The van der Waals surface area contributed by atoms with Gasteiger partial charge in [-0.1, -0.05) is 74.9 Å². The van der Waals surface area contributed by atoms with E-state index in [0.717, 1.165) is 50.9 Å². The third kappa shape index (κ3) is 11.1. The molecule has 222 valence electrons. The maximum Gasteiger partial charge on any atom is 0.0300 e.